The number of sulfonamides is 1. The third kappa shape index (κ3) is 5.73. The Kier molecular flexibility index (Phi) is 7.90. The number of morpholine rings is 1. The molecule has 1 aliphatic heterocycles. The minimum absolute atomic E-state index is 0.0741. The van der Waals surface area contributed by atoms with E-state index in [1.807, 2.05) is 13.8 Å². The van der Waals surface area contributed by atoms with Gasteiger partial charge in [0.25, 0.3) is 5.91 Å². The van der Waals surface area contributed by atoms with Crippen molar-refractivity contribution in [2.75, 3.05) is 32.9 Å². The molecule has 1 saturated heterocycles. The molecule has 1 aromatic carbocycles. The fourth-order valence-corrected chi connectivity index (χ4v) is 4.22. The summed E-state index contributed by atoms with van der Waals surface area (Å²) in [5, 5.41) is 2.66. The van der Waals surface area contributed by atoms with Crippen LogP contribution in [0.1, 0.15) is 37.0 Å². The molecular weight excluding hydrogens is 391 g/mol. The molecule has 8 nitrogen and oxygen atoms in total. The van der Waals surface area contributed by atoms with E-state index >= 15 is 0 Å². The van der Waals surface area contributed by atoms with Crippen LogP contribution < -0.4 is 5.32 Å². The second kappa shape index (κ2) is 9.94. The number of benzene rings is 1. The Morgan fingerprint density at radius 2 is 2.00 bits per heavy atom. The van der Waals surface area contributed by atoms with Gasteiger partial charge in [0.1, 0.15) is 5.82 Å². The van der Waals surface area contributed by atoms with E-state index in [9.17, 15) is 22.4 Å². The van der Waals surface area contributed by atoms with Crippen LogP contribution in [0.5, 0.6) is 0 Å². The van der Waals surface area contributed by atoms with Gasteiger partial charge in [0.15, 0.2) is 6.61 Å². The average Bonchev–Trinajstić information content (AvgIpc) is 2.67. The summed E-state index contributed by atoms with van der Waals surface area (Å²) in [6.07, 6.45) is 1.66. The number of hydrogen-bond donors (Lipinski definition) is 1. The number of amides is 1. The van der Waals surface area contributed by atoms with Gasteiger partial charge in [-0.15, -0.1) is 0 Å². The molecule has 1 atom stereocenters. The first-order valence-corrected chi connectivity index (χ1v) is 10.5. The molecule has 1 heterocycles. The van der Waals surface area contributed by atoms with Gasteiger partial charge in [0.05, 0.1) is 23.7 Å². The summed E-state index contributed by atoms with van der Waals surface area (Å²) in [4.78, 5) is 23.7. The van der Waals surface area contributed by atoms with Crippen LogP contribution in [-0.2, 0) is 24.3 Å². The first kappa shape index (κ1) is 22.3. The minimum Gasteiger partial charge on any atom is -0.452 e. The number of carbonyl (C=O) groups excluding carboxylic acids is 2. The Morgan fingerprint density at radius 1 is 1.32 bits per heavy atom. The number of halogens is 1. The number of esters is 1. The number of nitrogens with zero attached hydrogens (tertiary/aromatic N) is 1. The van der Waals surface area contributed by atoms with Crippen LogP contribution >= 0.6 is 0 Å². The van der Waals surface area contributed by atoms with Crippen molar-refractivity contribution in [3.8, 4) is 0 Å². The molecule has 0 radical (unpaired) electrons. The van der Waals surface area contributed by atoms with Crippen molar-refractivity contribution in [1.82, 2.24) is 9.62 Å². The van der Waals surface area contributed by atoms with E-state index in [2.05, 4.69) is 5.32 Å². The van der Waals surface area contributed by atoms with Crippen molar-refractivity contribution in [3.63, 3.8) is 0 Å². The zero-order valence-electron chi connectivity index (χ0n) is 15.9. The van der Waals surface area contributed by atoms with Gasteiger partial charge >= 0.3 is 5.97 Å². The van der Waals surface area contributed by atoms with Gasteiger partial charge in [-0.2, -0.15) is 4.31 Å². The second-order valence-electron chi connectivity index (χ2n) is 6.49. The molecule has 1 aliphatic rings. The lowest BCUT2D eigenvalue weighted by atomic mass is 10.2. The molecule has 0 bridgehead atoms. The van der Waals surface area contributed by atoms with Crippen molar-refractivity contribution in [2.24, 2.45) is 0 Å². The smallest absolute Gasteiger partial charge is 0.341 e. The summed E-state index contributed by atoms with van der Waals surface area (Å²) in [6.45, 7) is 4.10. The lowest BCUT2D eigenvalue weighted by Gasteiger charge is -2.26. The Bertz CT molecular complexity index is 808. The SMILES string of the molecule is CCCC(C)NC(=O)COC(=O)c1cc(S(=O)(=O)N2CCOCC2)ccc1F. The Balaban J connectivity index is 2.08. The average molecular weight is 416 g/mol. The van der Waals surface area contributed by atoms with Crippen LogP contribution in [0, 0.1) is 5.82 Å². The number of nitrogens with one attached hydrogen (secondary N) is 1. The zero-order chi connectivity index (χ0) is 20.7. The summed E-state index contributed by atoms with van der Waals surface area (Å²) in [5.41, 5.74) is -0.538. The van der Waals surface area contributed by atoms with Crippen molar-refractivity contribution < 1.29 is 31.9 Å². The molecule has 2 rings (SSSR count). The molecule has 0 aliphatic carbocycles. The maximum Gasteiger partial charge on any atom is 0.341 e. The van der Waals surface area contributed by atoms with Gasteiger partial charge < -0.3 is 14.8 Å². The Labute approximate surface area is 164 Å². The third-order valence-corrected chi connectivity index (χ3v) is 6.12. The molecule has 156 valence electrons. The van der Waals surface area contributed by atoms with Crippen LogP contribution in [0.15, 0.2) is 23.1 Å². The van der Waals surface area contributed by atoms with Gasteiger partial charge in [-0.25, -0.2) is 17.6 Å². The lowest BCUT2D eigenvalue weighted by Crippen LogP contribution is -2.40. The molecule has 1 unspecified atom stereocenters. The van der Waals surface area contributed by atoms with E-state index in [1.165, 1.54) is 4.31 Å². The highest BCUT2D eigenvalue weighted by molar-refractivity contribution is 7.89. The molecule has 28 heavy (non-hydrogen) atoms. The Morgan fingerprint density at radius 3 is 2.64 bits per heavy atom. The number of rotatable bonds is 8. The first-order valence-electron chi connectivity index (χ1n) is 9.09. The summed E-state index contributed by atoms with van der Waals surface area (Å²) >= 11 is 0. The van der Waals surface area contributed by atoms with Crippen molar-refractivity contribution in [3.05, 3.63) is 29.6 Å². The zero-order valence-corrected chi connectivity index (χ0v) is 16.8. The molecule has 0 aromatic heterocycles. The third-order valence-electron chi connectivity index (χ3n) is 4.23. The van der Waals surface area contributed by atoms with Gasteiger partial charge in [0, 0.05) is 19.1 Å². The van der Waals surface area contributed by atoms with Crippen molar-refractivity contribution in [2.45, 2.75) is 37.6 Å². The topological polar surface area (TPSA) is 102 Å². The summed E-state index contributed by atoms with van der Waals surface area (Å²) < 4.78 is 50.5. The monoisotopic (exact) mass is 416 g/mol. The first-order chi connectivity index (χ1) is 13.3. The van der Waals surface area contributed by atoms with Crippen LogP contribution in [0.4, 0.5) is 4.39 Å². The van der Waals surface area contributed by atoms with E-state index < -0.39 is 39.9 Å². The molecule has 1 amide bonds. The van der Waals surface area contributed by atoms with Crippen LogP contribution in [0.3, 0.4) is 0 Å². The van der Waals surface area contributed by atoms with E-state index in [-0.39, 0.29) is 37.2 Å². The summed E-state index contributed by atoms with van der Waals surface area (Å²) in [7, 11) is -3.89. The predicted molar refractivity (Wildman–Crippen MR) is 98.8 cm³/mol. The molecule has 0 spiro atoms. The van der Waals surface area contributed by atoms with E-state index in [0.717, 1.165) is 31.0 Å². The predicted octanol–water partition coefficient (Wildman–Crippen LogP) is 1.31. The standard InChI is InChI=1S/C18H25FN2O6S/c1-3-4-13(2)20-17(22)12-27-18(23)15-11-14(5-6-16(15)19)28(24,25)21-7-9-26-10-8-21/h5-6,11,13H,3-4,7-10,12H2,1-2H3,(H,20,22). The summed E-state index contributed by atoms with van der Waals surface area (Å²) in [5.74, 6) is -2.53. The normalized spacial score (nSPS) is 16.4. The van der Waals surface area contributed by atoms with Crippen molar-refractivity contribution >= 4 is 21.9 Å². The fraction of sp³-hybridized carbons (Fsp3) is 0.556. The highest BCUT2D eigenvalue weighted by atomic mass is 32.2. The maximum atomic E-state index is 14.1. The molecule has 1 N–H and O–H groups in total. The molecule has 10 heteroatoms. The number of ether oxygens (including phenoxy) is 2. The number of carbonyl (C=O) groups is 2. The van der Waals surface area contributed by atoms with Gasteiger partial charge in [-0.05, 0) is 31.5 Å². The second-order valence-corrected chi connectivity index (χ2v) is 8.43. The van der Waals surface area contributed by atoms with Gasteiger partial charge in [-0.3, -0.25) is 4.79 Å². The van der Waals surface area contributed by atoms with Crippen LogP contribution in [-0.4, -0.2) is 63.6 Å². The lowest BCUT2D eigenvalue weighted by molar-refractivity contribution is -0.124. The fourth-order valence-electron chi connectivity index (χ4n) is 2.79. The minimum atomic E-state index is -3.89. The highest BCUT2D eigenvalue weighted by Crippen LogP contribution is 2.20. The summed E-state index contributed by atoms with van der Waals surface area (Å²) in [6, 6.07) is 2.85. The molecule has 1 fully saturated rings. The van der Waals surface area contributed by atoms with Gasteiger partial charge in [-0.1, -0.05) is 13.3 Å². The molecule has 0 saturated carbocycles. The molecular formula is C18H25FN2O6S. The van der Waals surface area contributed by atoms with E-state index in [4.69, 9.17) is 9.47 Å². The van der Waals surface area contributed by atoms with Crippen LogP contribution in [0.25, 0.3) is 0 Å². The van der Waals surface area contributed by atoms with Crippen molar-refractivity contribution in [1.29, 1.82) is 0 Å². The Hall–Kier alpha value is -2.04. The van der Waals surface area contributed by atoms with Crippen LogP contribution in [0.2, 0.25) is 0 Å². The quantitative estimate of drug-likeness (QED) is 0.641. The highest BCUT2D eigenvalue weighted by Gasteiger charge is 2.28. The van der Waals surface area contributed by atoms with E-state index in [1.54, 1.807) is 0 Å². The molecule has 1 aromatic rings. The van der Waals surface area contributed by atoms with Gasteiger partial charge in [0.2, 0.25) is 10.0 Å². The van der Waals surface area contributed by atoms with E-state index in [0.29, 0.717) is 0 Å². The largest absolute Gasteiger partial charge is 0.452 e. The maximum absolute atomic E-state index is 14.1. The number of hydrogen-bond acceptors (Lipinski definition) is 6.